The van der Waals surface area contributed by atoms with Crippen LogP contribution in [-0.4, -0.2) is 44.1 Å². The van der Waals surface area contributed by atoms with Gasteiger partial charge in [0.05, 0.1) is 12.8 Å². The maximum Gasteiger partial charge on any atom is 0.303 e. The summed E-state index contributed by atoms with van der Waals surface area (Å²) in [7, 11) is 0. The van der Waals surface area contributed by atoms with Crippen molar-refractivity contribution in [3.05, 3.63) is 0 Å². The Balaban J connectivity index is -0.0000000245. The average molecular weight is 245 g/mol. The molecule has 0 amide bonds. The second-order valence-corrected chi connectivity index (χ2v) is 1.29. The van der Waals surface area contributed by atoms with E-state index in [0.717, 1.165) is 0 Å². The maximum atomic E-state index is 9.64. The Morgan fingerprint density at radius 3 is 1.00 bits per heavy atom. The summed E-state index contributed by atoms with van der Waals surface area (Å²) in [6.45, 7) is 0. The van der Waals surface area contributed by atoms with Crippen molar-refractivity contribution in [1.29, 1.82) is 0 Å². The van der Waals surface area contributed by atoms with E-state index in [1.54, 1.807) is 0 Å². The van der Waals surface area contributed by atoms with Gasteiger partial charge in [0.1, 0.15) is 0 Å². The first-order chi connectivity index (χ1) is 3.63. The molecule has 0 aliphatic rings. The molecule has 0 rings (SSSR count). The minimum absolute atomic E-state index is 0. The normalized spacial score (nSPS) is 5.23. The molecule has 10 N–H and O–H groups in total. The molecule has 0 saturated carbocycles. The molecule has 9 heteroatoms. The van der Waals surface area contributed by atoms with Gasteiger partial charge < -0.3 is 32.1 Å². The number of carboxylic acid groups (broad SMARTS) is 2. The van der Waals surface area contributed by atoms with Gasteiger partial charge in [-0.15, -0.1) is 0 Å². The number of aliphatic carboxylic acids is 2. The Morgan fingerprint density at radius 1 is 0.769 bits per heavy atom. The number of carboxylic acids is 2. The first kappa shape index (κ1) is 39.6. The SMILES string of the molecule is O.O.O.O.O=C(O)CCC(=O)O.[Mn]. The molecular formula is C4H14MnO8. The smallest absolute Gasteiger partial charge is 0.303 e. The summed E-state index contributed by atoms with van der Waals surface area (Å²) in [5.41, 5.74) is 0. The molecule has 0 unspecified atom stereocenters. The molecule has 0 bridgehead atoms. The molecule has 0 aliphatic heterocycles. The third-order valence-corrected chi connectivity index (χ3v) is 0.553. The maximum absolute atomic E-state index is 9.64. The molecule has 0 heterocycles. The van der Waals surface area contributed by atoms with Crippen LogP contribution in [0.1, 0.15) is 12.8 Å². The van der Waals surface area contributed by atoms with Gasteiger partial charge >= 0.3 is 11.9 Å². The molecule has 8 nitrogen and oxygen atoms in total. The third kappa shape index (κ3) is 52.9. The Hall–Kier alpha value is -0.701. The van der Waals surface area contributed by atoms with Crippen molar-refractivity contribution in [3.8, 4) is 0 Å². The standard InChI is InChI=1S/C4H6O4.Mn.4H2O/c5-3(6)1-2-4(7)8;;;;;/h1-2H2,(H,5,6)(H,7,8);;4*1H2. The van der Waals surface area contributed by atoms with Crippen molar-refractivity contribution in [3.63, 3.8) is 0 Å². The summed E-state index contributed by atoms with van der Waals surface area (Å²) >= 11 is 0. The van der Waals surface area contributed by atoms with Crippen molar-refractivity contribution in [1.82, 2.24) is 0 Å². The van der Waals surface area contributed by atoms with Crippen molar-refractivity contribution >= 4 is 11.9 Å². The van der Waals surface area contributed by atoms with E-state index < -0.39 is 11.9 Å². The van der Waals surface area contributed by atoms with Gasteiger partial charge in [-0.05, 0) is 0 Å². The first-order valence-electron chi connectivity index (χ1n) is 2.06. The minimum atomic E-state index is -1.08. The molecule has 0 aromatic heterocycles. The van der Waals surface area contributed by atoms with E-state index >= 15 is 0 Å². The molecule has 1 radical (unpaired) electrons. The summed E-state index contributed by atoms with van der Waals surface area (Å²) in [6.07, 6.45) is -0.593. The monoisotopic (exact) mass is 245 g/mol. The van der Waals surface area contributed by atoms with Crippen LogP contribution in [0.15, 0.2) is 0 Å². The molecule has 0 atom stereocenters. The second kappa shape index (κ2) is 22.5. The van der Waals surface area contributed by atoms with Crippen LogP contribution in [0.5, 0.6) is 0 Å². The molecule has 0 aromatic carbocycles. The van der Waals surface area contributed by atoms with Gasteiger partial charge in [0.25, 0.3) is 0 Å². The third-order valence-electron chi connectivity index (χ3n) is 0.553. The Kier molecular flexibility index (Phi) is 68.5. The van der Waals surface area contributed by atoms with E-state index in [-0.39, 0.29) is 51.8 Å². The van der Waals surface area contributed by atoms with Crippen LogP contribution in [0.2, 0.25) is 0 Å². The summed E-state index contributed by atoms with van der Waals surface area (Å²) < 4.78 is 0. The number of hydrogen-bond acceptors (Lipinski definition) is 2. The quantitative estimate of drug-likeness (QED) is 0.488. The summed E-state index contributed by atoms with van der Waals surface area (Å²) in [6, 6.07) is 0. The molecule has 0 spiro atoms. The molecule has 13 heavy (non-hydrogen) atoms. The van der Waals surface area contributed by atoms with Crippen molar-refractivity contribution in [2.75, 3.05) is 0 Å². The number of carbonyl (C=O) groups is 2. The van der Waals surface area contributed by atoms with Crippen LogP contribution in [0.3, 0.4) is 0 Å². The van der Waals surface area contributed by atoms with E-state index in [1.165, 1.54) is 0 Å². The Labute approximate surface area is 84.3 Å². The predicted octanol–water partition coefficient (Wildman–Crippen LogP) is -3.37. The van der Waals surface area contributed by atoms with Gasteiger partial charge in [0.15, 0.2) is 0 Å². The van der Waals surface area contributed by atoms with Gasteiger partial charge in [0, 0.05) is 17.1 Å². The molecular weight excluding hydrogens is 231 g/mol. The Morgan fingerprint density at radius 2 is 0.923 bits per heavy atom. The number of rotatable bonds is 3. The van der Waals surface area contributed by atoms with Gasteiger partial charge in [0.2, 0.25) is 0 Å². The van der Waals surface area contributed by atoms with Gasteiger partial charge in [-0.2, -0.15) is 0 Å². The zero-order valence-corrected chi connectivity index (χ0v) is 7.68. The first-order valence-corrected chi connectivity index (χ1v) is 2.06. The van der Waals surface area contributed by atoms with Crippen LogP contribution in [0.4, 0.5) is 0 Å². The van der Waals surface area contributed by atoms with Crippen LogP contribution in [-0.2, 0) is 26.7 Å². The van der Waals surface area contributed by atoms with Crippen molar-refractivity contribution in [2.24, 2.45) is 0 Å². The van der Waals surface area contributed by atoms with Crippen molar-refractivity contribution in [2.45, 2.75) is 12.8 Å². The van der Waals surface area contributed by atoms with Crippen molar-refractivity contribution < 1.29 is 58.8 Å². The van der Waals surface area contributed by atoms with Crippen LogP contribution in [0, 0.1) is 0 Å². The molecule has 0 fully saturated rings. The molecule has 0 aromatic rings. The largest absolute Gasteiger partial charge is 0.481 e. The van der Waals surface area contributed by atoms with Crippen LogP contribution < -0.4 is 0 Å². The van der Waals surface area contributed by atoms with Crippen LogP contribution >= 0.6 is 0 Å². The van der Waals surface area contributed by atoms with E-state index in [4.69, 9.17) is 10.2 Å². The molecule has 0 saturated heterocycles. The topological polar surface area (TPSA) is 201 Å². The zero-order valence-electron chi connectivity index (χ0n) is 6.50. The fraction of sp³-hybridized carbons (Fsp3) is 0.500. The summed E-state index contributed by atoms with van der Waals surface area (Å²) in [5, 5.41) is 15.8. The Bertz CT molecular complexity index is 101. The van der Waals surface area contributed by atoms with E-state index in [9.17, 15) is 9.59 Å². The predicted molar refractivity (Wildman–Crippen MR) is 39.0 cm³/mol. The fourth-order valence-electron chi connectivity index (χ4n) is 0.214. The van der Waals surface area contributed by atoms with E-state index in [0.29, 0.717) is 0 Å². The molecule has 0 aliphatic carbocycles. The average Bonchev–Trinajstić information content (AvgIpc) is 1.61. The molecule has 85 valence electrons. The summed E-state index contributed by atoms with van der Waals surface area (Å²) in [5.74, 6) is -2.15. The van der Waals surface area contributed by atoms with E-state index in [1.807, 2.05) is 0 Å². The van der Waals surface area contributed by atoms with Gasteiger partial charge in [-0.1, -0.05) is 0 Å². The number of hydrogen-bond donors (Lipinski definition) is 2. The van der Waals surface area contributed by atoms with E-state index in [2.05, 4.69) is 0 Å². The summed E-state index contributed by atoms with van der Waals surface area (Å²) in [4.78, 5) is 19.3. The zero-order chi connectivity index (χ0) is 6.57. The van der Waals surface area contributed by atoms with Gasteiger partial charge in [-0.25, -0.2) is 0 Å². The minimum Gasteiger partial charge on any atom is -0.481 e. The second-order valence-electron chi connectivity index (χ2n) is 1.29. The fourth-order valence-corrected chi connectivity index (χ4v) is 0.214. The van der Waals surface area contributed by atoms with Crippen LogP contribution in [0.25, 0.3) is 0 Å². The van der Waals surface area contributed by atoms with Gasteiger partial charge in [-0.3, -0.25) is 9.59 Å².